The van der Waals surface area contributed by atoms with Gasteiger partial charge in [0.15, 0.2) is 17.5 Å². The second-order valence-corrected chi connectivity index (χ2v) is 6.58. The van der Waals surface area contributed by atoms with E-state index in [1.165, 1.54) is 0 Å². The van der Waals surface area contributed by atoms with Crippen LogP contribution in [0.15, 0.2) is 52.0 Å². The molecular formula is C21H24ClN5O3. The van der Waals surface area contributed by atoms with Crippen LogP contribution in [0, 0.1) is 0 Å². The van der Waals surface area contributed by atoms with Crippen molar-refractivity contribution in [2.75, 3.05) is 25.6 Å². The number of nitrogens with zero attached hydrogens (tertiary/aromatic N) is 3. The molecule has 0 aliphatic heterocycles. The molecule has 0 atom stereocenters. The molecule has 0 amide bonds. The highest BCUT2D eigenvalue weighted by molar-refractivity contribution is 6.30. The summed E-state index contributed by atoms with van der Waals surface area (Å²) in [6.45, 7) is 5.36. The minimum atomic E-state index is 0.220. The van der Waals surface area contributed by atoms with Gasteiger partial charge in [-0.1, -0.05) is 28.9 Å². The third-order valence-electron chi connectivity index (χ3n) is 3.99. The van der Waals surface area contributed by atoms with Gasteiger partial charge in [-0.05, 0) is 38.1 Å². The predicted octanol–water partition coefficient (Wildman–Crippen LogP) is 4.37. The monoisotopic (exact) mass is 429 g/mol. The Morgan fingerprint density at radius 1 is 1.17 bits per heavy atom. The molecular weight excluding hydrogens is 406 g/mol. The number of nitrogens with one attached hydrogen (secondary N) is 2. The van der Waals surface area contributed by atoms with Crippen molar-refractivity contribution < 1.29 is 14.0 Å². The number of ether oxygens (including phenoxy) is 2. The number of hydrogen-bond acceptors (Lipinski definition) is 6. The predicted molar refractivity (Wildman–Crippen MR) is 117 cm³/mol. The summed E-state index contributed by atoms with van der Waals surface area (Å²) in [6.07, 6.45) is 0. The summed E-state index contributed by atoms with van der Waals surface area (Å²) in [4.78, 5) is 8.91. The van der Waals surface area contributed by atoms with Gasteiger partial charge in [-0.2, -0.15) is 4.98 Å². The number of aromatic nitrogens is 2. The SMILES string of the molecule is CCNC(=NCc1nc(-c2cccc(Cl)c2)no1)Nc1ccc(OC)c(OCC)c1. The van der Waals surface area contributed by atoms with Crippen LogP contribution in [0.4, 0.5) is 5.69 Å². The zero-order chi connectivity index (χ0) is 21.3. The lowest BCUT2D eigenvalue weighted by atomic mass is 10.2. The number of anilines is 1. The quantitative estimate of drug-likeness (QED) is 0.405. The van der Waals surface area contributed by atoms with E-state index < -0.39 is 0 Å². The van der Waals surface area contributed by atoms with Crippen LogP contribution in [0.1, 0.15) is 19.7 Å². The van der Waals surface area contributed by atoms with E-state index in [1.54, 1.807) is 19.2 Å². The third-order valence-corrected chi connectivity index (χ3v) is 4.23. The maximum absolute atomic E-state index is 6.02. The van der Waals surface area contributed by atoms with E-state index in [0.717, 1.165) is 11.3 Å². The van der Waals surface area contributed by atoms with Gasteiger partial charge < -0.3 is 24.6 Å². The summed E-state index contributed by atoms with van der Waals surface area (Å²) in [5.74, 6) is 2.77. The molecule has 158 valence electrons. The fraction of sp³-hybridized carbons (Fsp3) is 0.286. The first kappa shape index (κ1) is 21.4. The van der Waals surface area contributed by atoms with Crippen molar-refractivity contribution in [1.82, 2.24) is 15.5 Å². The molecule has 0 aliphatic carbocycles. The molecule has 0 saturated carbocycles. The molecule has 0 bridgehead atoms. The van der Waals surface area contributed by atoms with Crippen molar-refractivity contribution in [3.05, 3.63) is 53.4 Å². The molecule has 0 saturated heterocycles. The number of benzene rings is 2. The maximum Gasteiger partial charge on any atom is 0.248 e. The second kappa shape index (κ2) is 10.5. The third kappa shape index (κ3) is 5.64. The first-order chi connectivity index (χ1) is 14.6. The molecule has 30 heavy (non-hydrogen) atoms. The fourth-order valence-electron chi connectivity index (χ4n) is 2.68. The smallest absolute Gasteiger partial charge is 0.248 e. The average Bonchev–Trinajstić information content (AvgIpc) is 3.22. The number of aliphatic imine (C=N–C) groups is 1. The Morgan fingerprint density at radius 3 is 2.77 bits per heavy atom. The Bertz CT molecular complexity index is 1010. The van der Waals surface area contributed by atoms with Gasteiger partial charge in [0.05, 0.1) is 13.7 Å². The summed E-state index contributed by atoms with van der Waals surface area (Å²) in [5.41, 5.74) is 1.59. The van der Waals surface area contributed by atoms with Gasteiger partial charge >= 0.3 is 0 Å². The summed E-state index contributed by atoms with van der Waals surface area (Å²) >= 11 is 6.02. The van der Waals surface area contributed by atoms with Crippen molar-refractivity contribution >= 4 is 23.2 Å². The van der Waals surface area contributed by atoms with Crippen LogP contribution < -0.4 is 20.1 Å². The minimum absolute atomic E-state index is 0.220. The summed E-state index contributed by atoms with van der Waals surface area (Å²) in [5, 5.41) is 11.0. The van der Waals surface area contributed by atoms with Crippen LogP contribution in [0.3, 0.4) is 0 Å². The molecule has 2 N–H and O–H groups in total. The number of halogens is 1. The van der Waals surface area contributed by atoms with E-state index in [1.807, 2.05) is 44.2 Å². The van der Waals surface area contributed by atoms with Crippen LogP contribution in [0.25, 0.3) is 11.4 Å². The Balaban J connectivity index is 1.73. The molecule has 9 heteroatoms. The van der Waals surface area contributed by atoms with E-state index in [2.05, 4.69) is 25.8 Å². The maximum atomic E-state index is 6.02. The van der Waals surface area contributed by atoms with E-state index in [0.29, 0.717) is 47.3 Å². The molecule has 0 fully saturated rings. The molecule has 0 unspecified atom stereocenters. The lowest BCUT2D eigenvalue weighted by Crippen LogP contribution is -2.30. The van der Waals surface area contributed by atoms with Crippen molar-refractivity contribution in [3.63, 3.8) is 0 Å². The molecule has 2 aromatic carbocycles. The van der Waals surface area contributed by atoms with Crippen LogP contribution in [-0.4, -0.2) is 36.4 Å². The number of guanidine groups is 1. The Morgan fingerprint density at radius 2 is 2.03 bits per heavy atom. The summed E-state index contributed by atoms with van der Waals surface area (Å²) in [6, 6.07) is 12.9. The van der Waals surface area contributed by atoms with Gasteiger partial charge in [-0.25, -0.2) is 4.99 Å². The Hall–Kier alpha value is -3.26. The first-order valence-electron chi connectivity index (χ1n) is 9.57. The van der Waals surface area contributed by atoms with Crippen molar-refractivity contribution in [2.24, 2.45) is 4.99 Å². The van der Waals surface area contributed by atoms with Crippen molar-refractivity contribution in [3.8, 4) is 22.9 Å². The minimum Gasteiger partial charge on any atom is -0.493 e. The van der Waals surface area contributed by atoms with Crippen LogP contribution in [0.2, 0.25) is 5.02 Å². The largest absolute Gasteiger partial charge is 0.493 e. The molecule has 3 rings (SSSR count). The van der Waals surface area contributed by atoms with E-state index in [-0.39, 0.29) is 6.54 Å². The number of hydrogen-bond donors (Lipinski definition) is 2. The van der Waals surface area contributed by atoms with Gasteiger partial charge in [0.25, 0.3) is 0 Å². The highest BCUT2D eigenvalue weighted by Gasteiger charge is 2.10. The van der Waals surface area contributed by atoms with E-state index in [9.17, 15) is 0 Å². The average molecular weight is 430 g/mol. The van der Waals surface area contributed by atoms with Crippen LogP contribution in [0.5, 0.6) is 11.5 Å². The highest BCUT2D eigenvalue weighted by Crippen LogP contribution is 2.30. The molecule has 0 aliphatic rings. The first-order valence-corrected chi connectivity index (χ1v) is 9.95. The molecule has 0 radical (unpaired) electrons. The molecule has 8 nitrogen and oxygen atoms in total. The molecule has 0 spiro atoms. The van der Waals surface area contributed by atoms with Crippen LogP contribution in [-0.2, 0) is 6.54 Å². The van der Waals surface area contributed by atoms with Gasteiger partial charge in [-0.3, -0.25) is 0 Å². The zero-order valence-corrected chi connectivity index (χ0v) is 17.9. The topological polar surface area (TPSA) is 93.8 Å². The molecule has 3 aromatic rings. The Kier molecular flexibility index (Phi) is 7.51. The standard InChI is InChI=1S/C21H24ClN5O3/c1-4-23-21(25-16-9-10-17(28-3)18(12-16)29-5-2)24-13-19-26-20(27-30-19)14-7-6-8-15(22)11-14/h6-12H,4-5,13H2,1-3H3,(H2,23,24,25). The van der Waals surface area contributed by atoms with Gasteiger partial charge in [0.2, 0.25) is 11.7 Å². The fourth-order valence-corrected chi connectivity index (χ4v) is 2.87. The van der Waals surface area contributed by atoms with Crippen molar-refractivity contribution in [1.29, 1.82) is 0 Å². The van der Waals surface area contributed by atoms with Gasteiger partial charge in [0.1, 0.15) is 6.54 Å². The zero-order valence-electron chi connectivity index (χ0n) is 17.1. The van der Waals surface area contributed by atoms with Crippen LogP contribution >= 0.6 is 11.6 Å². The molecule has 1 aromatic heterocycles. The highest BCUT2D eigenvalue weighted by atomic mass is 35.5. The Labute approximate surface area is 180 Å². The van der Waals surface area contributed by atoms with Gasteiger partial charge in [-0.15, -0.1) is 0 Å². The lowest BCUT2D eigenvalue weighted by molar-refractivity contribution is 0.311. The van der Waals surface area contributed by atoms with E-state index in [4.69, 9.17) is 25.6 Å². The molecule has 1 heterocycles. The van der Waals surface area contributed by atoms with Gasteiger partial charge in [0, 0.05) is 28.9 Å². The number of methoxy groups -OCH3 is 1. The summed E-state index contributed by atoms with van der Waals surface area (Å²) in [7, 11) is 1.61. The summed E-state index contributed by atoms with van der Waals surface area (Å²) < 4.78 is 16.3. The van der Waals surface area contributed by atoms with E-state index >= 15 is 0 Å². The normalized spacial score (nSPS) is 11.3. The van der Waals surface area contributed by atoms with Crippen molar-refractivity contribution in [2.45, 2.75) is 20.4 Å². The number of rotatable bonds is 8. The lowest BCUT2D eigenvalue weighted by Gasteiger charge is -2.14. The second-order valence-electron chi connectivity index (χ2n) is 6.14.